The van der Waals surface area contributed by atoms with Gasteiger partial charge in [-0.05, 0) is 48.1 Å². The van der Waals surface area contributed by atoms with Gasteiger partial charge in [0.25, 0.3) is 0 Å². The van der Waals surface area contributed by atoms with Gasteiger partial charge in [0.15, 0.2) is 0 Å². The van der Waals surface area contributed by atoms with Crippen molar-refractivity contribution in [3.8, 4) is 0 Å². The third-order valence-electron chi connectivity index (χ3n) is 6.35. The van der Waals surface area contributed by atoms with Crippen molar-refractivity contribution in [2.45, 2.75) is 57.8 Å². The van der Waals surface area contributed by atoms with Gasteiger partial charge in [-0.15, -0.1) is 0 Å². The zero-order valence-corrected chi connectivity index (χ0v) is 17.1. The molecular weight excluding hydrogens is 348 g/mol. The molecule has 2 saturated heterocycles. The molecule has 0 aliphatic carbocycles. The highest BCUT2D eigenvalue weighted by Crippen LogP contribution is 2.39. The fraction of sp³-hybridized carbons (Fsp3) is 0.542. The van der Waals surface area contributed by atoms with E-state index in [1.54, 1.807) is 0 Å². The lowest BCUT2D eigenvalue weighted by Crippen LogP contribution is -2.45. The molecule has 2 fully saturated rings. The molecule has 1 N–H and O–H groups in total. The van der Waals surface area contributed by atoms with E-state index in [-0.39, 0.29) is 23.5 Å². The van der Waals surface area contributed by atoms with Gasteiger partial charge in [-0.1, -0.05) is 50.2 Å². The number of benzene rings is 2. The molecule has 2 aromatic rings. The van der Waals surface area contributed by atoms with Crippen molar-refractivity contribution in [3.63, 3.8) is 0 Å². The van der Waals surface area contributed by atoms with Crippen LogP contribution in [-0.4, -0.2) is 42.1 Å². The SMILES string of the molecule is CC(C)C(=O)NC[C@H]1CCC2(CCN(Cc3ccc4ccccc4c3)CC2)O1. The highest BCUT2D eigenvalue weighted by atomic mass is 16.5. The van der Waals surface area contributed by atoms with Crippen molar-refractivity contribution in [1.82, 2.24) is 10.2 Å². The lowest BCUT2D eigenvalue weighted by molar-refractivity contribution is -0.125. The average Bonchev–Trinajstić information content (AvgIpc) is 3.10. The Morgan fingerprint density at radius 2 is 1.89 bits per heavy atom. The summed E-state index contributed by atoms with van der Waals surface area (Å²) in [4.78, 5) is 14.3. The number of hydrogen-bond donors (Lipinski definition) is 1. The lowest BCUT2D eigenvalue weighted by atomic mass is 9.88. The summed E-state index contributed by atoms with van der Waals surface area (Å²) in [6, 6.07) is 15.4. The number of likely N-dealkylation sites (tertiary alicyclic amines) is 1. The van der Waals surface area contributed by atoms with Gasteiger partial charge in [-0.25, -0.2) is 0 Å². The number of nitrogens with one attached hydrogen (secondary N) is 1. The second kappa shape index (κ2) is 8.22. The van der Waals surface area contributed by atoms with Crippen LogP contribution >= 0.6 is 0 Å². The van der Waals surface area contributed by atoms with Crippen molar-refractivity contribution in [1.29, 1.82) is 0 Å². The number of amides is 1. The first-order chi connectivity index (χ1) is 13.5. The molecule has 1 atom stereocenters. The molecular formula is C24H32N2O2. The molecule has 1 spiro atoms. The molecule has 2 aliphatic heterocycles. The molecule has 4 heteroatoms. The zero-order chi connectivity index (χ0) is 19.6. The molecule has 2 aliphatic rings. The number of fused-ring (bicyclic) bond motifs is 1. The fourth-order valence-electron chi connectivity index (χ4n) is 4.54. The largest absolute Gasteiger partial charge is 0.370 e. The Morgan fingerprint density at radius 3 is 2.64 bits per heavy atom. The molecule has 150 valence electrons. The molecule has 2 heterocycles. The van der Waals surface area contributed by atoms with Gasteiger partial charge in [0.1, 0.15) is 0 Å². The normalized spacial score (nSPS) is 22.2. The van der Waals surface area contributed by atoms with Gasteiger partial charge >= 0.3 is 0 Å². The van der Waals surface area contributed by atoms with Crippen LogP contribution in [0.5, 0.6) is 0 Å². The summed E-state index contributed by atoms with van der Waals surface area (Å²) >= 11 is 0. The third-order valence-corrected chi connectivity index (χ3v) is 6.35. The summed E-state index contributed by atoms with van der Waals surface area (Å²) in [5.74, 6) is 0.156. The van der Waals surface area contributed by atoms with Crippen LogP contribution < -0.4 is 5.32 Å². The maximum Gasteiger partial charge on any atom is 0.222 e. The minimum absolute atomic E-state index is 0.0348. The fourth-order valence-corrected chi connectivity index (χ4v) is 4.54. The summed E-state index contributed by atoms with van der Waals surface area (Å²) in [5.41, 5.74) is 1.42. The van der Waals surface area contributed by atoms with Gasteiger partial charge in [0.2, 0.25) is 5.91 Å². The van der Waals surface area contributed by atoms with Crippen LogP contribution in [-0.2, 0) is 16.1 Å². The summed E-state index contributed by atoms with van der Waals surface area (Å²) in [7, 11) is 0. The standard InChI is InChI=1S/C24H32N2O2/c1-18(2)23(27)25-16-22-9-10-24(28-22)11-13-26(14-12-24)17-19-7-8-20-5-3-4-6-21(20)15-19/h3-8,15,18,22H,9-14,16-17H2,1-2H3,(H,25,27)/t22-/m1/s1. The van der Waals surface area contributed by atoms with Crippen LogP contribution in [0.4, 0.5) is 0 Å². The van der Waals surface area contributed by atoms with E-state index in [0.29, 0.717) is 6.54 Å². The molecule has 1 amide bonds. The first kappa shape index (κ1) is 19.4. The van der Waals surface area contributed by atoms with E-state index in [0.717, 1.165) is 45.3 Å². The monoisotopic (exact) mass is 380 g/mol. The molecule has 0 radical (unpaired) electrons. The Kier molecular flexibility index (Phi) is 5.70. The Morgan fingerprint density at radius 1 is 1.14 bits per heavy atom. The first-order valence-electron chi connectivity index (χ1n) is 10.7. The number of piperidine rings is 1. The number of hydrogen-bond acceptors (Lipinski definition) is 3. The van der Waals surface area contributed by atoms with Gasteiger partial charge in [0.05, 0.1) is 11.7 Å². The van der Waals surface area contributed by atoms with Crippen LogP contribution in [0.25, 0.3) is 10.8 Å². The van der Waals surface area contributed by atoms with Gasteiger partial charge in [0, 0.05) is 32.1 Å². The first-order valence-corrected chi connectivity index (χ1v) is 10.7. The molecule has 0 bridgehead atoms. The van der Waals surface area contributed by atoms with Crippen molar-refractivity contribution in [2.24, 2.45) is 5.92 Å². The van der Waals surface area contributed by atoms with Crippen LogP contribution in [0.15, 0.2) is 42.5 Å². The summed E-state index contributed by atoms with van der Waals surface area (Å²) < 4.78 is 6.43. The van der Waals surface area contributed by atoms with E-state index >= 15 is 0 Å². The van der Waals surface area contributed by atoms with Gasteiger partial charge < -0.3 is 10.1 Å². The van der Waals surface area contributed by atoms with Crippen molar-refractivity contribution in [3.05, 3.63) is 48.0 Å². The topological polar surface area (TPSA) is 41.6 Å². The van der Waals surface area contributed by atoms with Crippen molar-refractivity contribution >= 4 is 16.7 Å². The maximum absolute atomic E-state index is 11.8. The smallest absolute Gasteiger partial charge is 0.222 e. The Hall–Kier alpha value is -1.91. The van der Waals surface area contributed by atoms with E-state index in [1.807, 2.05) is 13.8 Å². The molecule has 4 rings (SSSR count). The zero-order valence-electron chi connectivity index (χ0n) is 17.1. The highest BCUT2D eigenvalue weighted by molar-refractivity contribution is 5.83. The predicted molar refractivity (Wildman–Crippen MR) is 113 cm³/mol. The highest BCUT2D eigenvalue weighted by Gasteiger charge is 2.42. The van der Waals surface area contributed by atoms with E-state index in [1.165, 1.54) is 16.3 Å². The van der Waals surface area contributed by atoms with E-state index in [4.69, 9.17) is 4.74 Å². The minimum atomic E-state index is 0.0348. The Bertz CT molecular complexity index is 824. The molecule has 0 unspecified atom stereocenters. The summed E-state index contributed by atoms with van der Waals surface area (Å²) in [6.07, 6.45) is 4.54. The quantitative estimate of drug-likeness (QED) is 0.848. The summed E-state index contributed by atoms with van der Waals surface area (Å²) in [6.45, 7) is 7.68. The van der Waals surface area contributed by atoms with Crippen LogP contribution in [0.2, 0.25) is 0 Å². The van der Waals surface area contributed by atoms with E-state index < -0.39 is 0 Å². The number of carbonyl (C=O) groups excluding carboxylic acids is 1. The predicted octanol–water partition coefficient (Wildman–Crippen LogP) is 4.13. The van der Waals surface area contributed by atoms with Gasteiger partial charge in [-0.3, -0.25) is 9.69 Å². The van der Waals surface area contributed by atoms with Crippen LogP contribution in [0.1, 0.15) is 45.1 Å². The number of ether oxygens (including phenoxy) is 1. The average molecular weight is 381 g/mol. The maximum atomic E-state index is 11.8. The molecule has 0 aromatic heterocycles. The number of rotatable bonds is 5. The Labute approximate surface area is 168 Å². The summed E-state index contributed by atoms with van der Waals surface area (Å²) in [5, 5.41) is 5.65. The molecule has 2 aromatic carbocycles. The molecule has 28 heavy (non-hydrogen) atoms. The molecule has 0 saturated carbocycles. The second-order valence-electron chi connectivity index (χ2n) is 8.82. The van der Waals surface area contributed by atoms with Crippen molar-refractivity contribution in [2.75, 3.05) is 19.6 Å². The van der Waals surface area contributed by atoms with Gasteiger partial charge in [-0.2, -0.15) is 0 Å². The van der Waals surface area contributed by atoms with E-state index in [2.05, 4.69) is 52.7 Å². The lowest BCUT2D eigenvalue weighted by Gasteiger charge is -2.39. The van der Waals surface area contributed by atoms with Crippen molar-refractivity contribution < 1.29 is 9.53 Å². The van der Waals surface area contributed by atoms with Crippen LogP contribution in [0, 0.1) is 5.92 Å². The molecule has 4 nitrogen and oxygen atoms in total. The second-order valence-corrected chi connectivity index (χ2v) is 8.82. The third kappa shape index (κ3) is 4.39. The van der Waals surface area contributed by atoms with Crippen LogP contribution in [0.3, 0.4) is 0 Å². The Balaban J connectivity index is 1.28. The minimum Gasteiger partial charge on any atom is -0.370 e. The number of nitrogens with zero attached hydrogens (tertiary/aromatic N) is 1. The number of carbonyl (C=O) groups is 1. The van der Waals surface area contributed by atoms with E-state index in [9.17, 15) is 4.79 Å².